The van der Waals surface area contributed by atoms with Crippen molar-refractivity contribution in [2.75, 3.05) is 25.1 Å². The van der Waals surface area contributed by atoms with Crippen LogP contribution in [-0.2, 0) is 14.3 Å². The summed E-state index contributed by atoms with van der Waals surface area (Å²) in [6.45, 7) is 5.19. The molecule has 0 spiro atoms. The molecular weight excluding hydrogens is 386 g/mol. The van der Waals surface area contributed by atoms with Crippen LogP contribution in [0.1, 0.15) is 25.8 Å². The normalized spacial score (nSPS) is 13.9. The molecule has 158 valence electrons. The van der Waals surface area contributed by atoms with E-state index in [-0.39, 0.29) is 0 Å². The minimum absolute atomic E-state index is 0.420. The number of carbonyl (C=O) groups excluding carboxylic acids is 2. The zero-order chi connectivity index (χ0) is 21.3. The molecule has 30 heavy (non-hydrogen) atoms. The van der Waals surface area contributed by atoms with Gasteiger partial charge in [0.2, 0.25) is 0 Å². The van der Waals surface area contributed by atoms with Crippen LogP contribution in [0.15, 0.2) is 48.5 Å². The third kappa shape index (κ3) is 6.01. The fourth-order valence-corrected chi connectivity index (χ4v) is 2.76. The van der Waals surface area contributed by atoms with Gasteiger partial charge in [0.1, 0.15) is 5.75 Å². The summed E-state index contributed by atoms with van der Waals surface area (Å²) in [6, 6.07) is 12.4. The number of amides is 1. The molecular formula is C23H25NO6. The van der Waals surface area contributed by atoms with Gasteiger partial charge in [-0.1, -0.05) is 6.07 Å². The molecule has 1 aliphatic heterocycles. The fraction of sp³-hybridized carbons (Fsp3) is 0.304. The Balaban J connectivity index is 1.52. The van der Waals surface area contributed by atoms with Gasteiger partial charge in [0.15, 0.2) is 17.6 Å². The molecule has 0 radical (unpaired) electrons. The van der Waals surface area contributed by atoms with Gasteiger partial charge in [-0.3, -0.25) is 4.79 Å². The number of benzene rings is 2. The largest absolute Gasteiger partial charge is 0.494 e. The van der Waals surface area contributed by atoms with Crippen molar-refractivity contribution in [2.24, 2.45) is 0 Å². The van der Waals surface area contributed by atoms with E-state index >= 15 is 0 Å². The molecule has 0 unspecified atom stereocenters. The van der Waals surface area contributed by atoms with E-state index in [9.17, 15) is 9.59 Å². The summed E-state index contributed by atoms with van der Waals surface area (Å²) in [5, 5.41) is 2.70. The minimum atomic E-state index is -0.947. The Labute approximate surface area is 175 Å². The highest BCUT2D eigenvalue weighted by molar-refractivity contribution is 5.96. The number of rotatable bonds is 7. The first-order chi connectivity index (χ1) is 14.5. The first kappa shape index (κ1) is 21.2. The topological polar surface area (TPSA) is 83.1 Å². The van der Waals surface area contributed by atoms with E-state index in [4.69, 9.17) is 18.9 Å². The first-order valence-electron chi connectivity index (χ1n) is 9.87. The Bertz CT molecular complexity index is 906. The van der Waals surface area contributed by atoms with Crippen molar-refractivity contribution in [3.8, 4) is 17.2 Å². The highest BCUT2D eigenvalue weighted by Crippen LogP contribution is 2.30. The van der Waals surface area contributed by atoms with E-state index in [0.29, 0.717) is 37.0 Å². The van der Waals surface area contributed by atoms with Crippen LogP contribution in [0.5, 0.6) is 17.2 Å². The highest BCUT2D eigenvalue weighted by Gasteiger charge is 2.17. The molecule has 7 heteroatoms. The standard InChI is InChI=1S/C23H25NO6/c1-3-27-19-9-7-18(8-10-19)24-23(26)16(2)30-22(25)12-6-17-5-11-20-21(15-17)29-14-4-13-28-20/h5-12,15-16H,3-4,13-14H2,1-2H3,(H,24,26)/b12-6+/t16-/m0/s1. The van der Waals surface area contributed by atoms with Gasteiger partial charge in [0.25, 0.3) is 5.91 Å². The van der Waals surface area contributed by atoms with Crippen LogP contribution >= 0.6 is 0 Å². The van der Waals surface area contributed by atoms with Crippen LogP contribution in [0, 0.1) is 0 Å². The molecule has 1 heterocycles. The molecule has 1 N–H and O–H groups in total. The van der Waals surface area contributed by atoms with E-state index in [1.54, 1.807) is 42.5 Å². The second kappa shape index (κ2) is 10.3. The van der Waals surface area contributed by atoms with E-state index < -0.39 is 18.0 Å². The Morgan fingerprint density at radius 3 is 2.57 bits per heavy atom. The van der Waals surface area contributed by atoms with E-state index in [2.05, 4.69) is 5.32 Å². The van der Waals surface area contributed by atoms with Crippen molar-refractivity contribution in [3.63, 3.8) is 0 Å². The number of fused-ring (bicyclic) bond motifs is 1. The van der Waals surface area contributed by atoms with E-state index in [0.717, 1.165) is 17.7 Å². The van der Waals surface area contributed by atoms with Crippen LogP contribution in [0.4, 0.5) is 5.69 Å². The van der Waals surface area contributed by atoms with Crippen molar-refractivity contribution in [3.05, 3.63) is 54.1 Å². The van der Waals surface area contributed by atoms with Crippen molar-refractivity contribution < 1.29 is 28.5 Å². The molecule has 2 aromatic rings. The Kier molecular flexibility index (Phi) is 7.32. The first-order valence-corrected chi connectivity index (χ1v) is 9.87. The number of hydrogen-bond acceptors (Lipinski definition) is 6. The van der Waals surface area contributed by atoms with Crippen LogP contribution in [0.3, 0.4) is 0 Å². The van der Waals surface area contributed by atoms with Crippen molar-refractivity contribution in [1.29, 1.82) is 0 Å². The van der Waals surface area contributed by atoms with Gasteiger partial charge in [0.05, 0.1) is 19.8 Å². The van der Waals surface area contributed by atoms with E-state index in [1.807, 2.05) is 13.0 Å². The molecule has 0 bridgehead atoms. The van der Waals surface area contributed by atoms with Gasteiger partial charge >= 0.3 is 5.97 Å². The monoisotopic (exact) mass is 411 g/mol. The lowest BCUT2D eigenvalue weighted by molar-refractivity contribution is -0.148. The second-order valence-corrected chi connectivity index (χ2v) is 6.62. The maximum atomic E-state index is 12.3. The molecule has 0 fully saturated rings. The smallest absolute Gasteiger partial charge is 0.331 e. The summed E-state index contributed by atoms with van der Waals surface area (Å²) in [6.07, 6.45) is 2.76. The highest BCUT2D eigenvalue weighted by atomic mass is 16.5. The molecule has 1 atom stereocenters. The predicted octanol–water partition coefficient (Wildman–Crippen LogP) is 3.83. The van der Waals surface area contributed by atoms with Crippen LogP contribution in [0.25, 0.3) is 6.08 Å². The summed E-state index contributed by atoms with van der Waals surface area (Å²) in [7, 11) is 0. The summed E-state index contributed by atoms with van der Waals surface area (Å²) in [4.78, 5) is 24.3. The van der Waals surface area contributed by atoms with Gasteiger partial charge in [-0.05, 0) is 61.9 Å². The molecule has 0 saturated carbocycles. The van der Waals surface area contributed by atoms with Crippen LogP contribution in [-0.4, -0.2) is 37.8 Å². The molecule has 1 aliphatic rings. The molecule has 0 aliphatic carbocycles. The predicted molar refractivity (Wildman–Crippen MR) is 113 cm³/mol. The second-order valence-electron chi connectivity index (χ2n) is 6.62. The SMILES string of the molecule is CCOc1ccc(NC(=O)[C@H](C)OC(=O)/C=C/c2ccc3c(c2)OCCCO3)cc1. The lowest BCUT2D eigenvalue weighted by Crippen LogP contribution is -2.29. The maximum absolute atomic E-state index is 12.3. The fourth-order valence-electron chi connectivity index (χ4n) is 2.76. The molecule has 7 nitrogen and oxygen atoms in total. The average Bonchev–Trinajstić information content (AvgIpc) is 2.98. The number of ether oxygens (including phenoxy) is 4. The van der Waals surface area contributed by atoms with Crippen molar-refractivity contribution >= 4 is 23.6 Å². The summed E-state index contributed by atoms with van der Waals surface area (Å²) in [5.74, 6) is 1.01. The number of esters is 1. The zero-order valence-corrected chi connectivity index (χ0v) is 17.1. The number of carbonyl (C=O) groups is 2. The minimum Gasteiger partial charge on any atom is -0.494 e. The summed E-state index contributed by atoms with van der Waals surface area (Å²) in [5.41, 5.74) is 1.36. The Morgan fingerprint density at radius 1 is 1.10 bits per heavy atom. The number of hydrogen-bond donors (Lipinski definition) is 1. The van der Waals surface area contributed by atoms with Gasteiger partial charge in [-0.2, -0.15) is 0 Å². The Hall–Kier alpha value is -3.48. The number of nitrogens with one attached hydrogen (secondary N) is 1. The van der Waals surface area contributed by atoms with Gasteiger partial charge < -0.3 is 24.3 Å². The molecule has 3 rings (SSSR count). The third-order valence-corrected chi connectivity index (χ3v) is 4.28. The molecule has 2 aromatic carbocycles. The van der Waals surface area contributed by atoms with Crippen LogP contribution < -0.4 is 19.5 Å². The molecule has 0 aromatic heterocycles. The molecule has 0 saturated heterocycles. The van der Waals surface area contributed by atoms with Gasteiger partial charge in [-0.25, -0.2) is 4.79 Å². The lowest BCUT2D eigenvalue weighted by atomic mass is 10.2. The van der Waals surface area contributed by atoms with Crippen molar-refractivity contribution in [2.45, 2.75) is 26.4 Å². The quantitative estimate of drug-likeness (QED) is 0.551. The number of anilines is 1. The molecule has 1 amide bonds. The van der Waals surface area contributed by atoms with Crippen LogP contribution in [0.2, 0.25) is 0 Å². The third-order valence-electron chi connectivity index (χ3n) is 4.28. The Morgan fingerprint density at radius 2 is 1.83 bits per heavy atom. The average molecular weight is 411 g/mol. The maximum Gasteiger partial charge on any atom is 0.331 e. The summed E-state index contributed by atoms with van der Waals surface area (Å²) < 4.78 is 21.8. The van der Waals surface area contributed by atoms with E-state index in [1.165, 1.54) is 13.0 Å². The van der Waals surface area contributed by atoms with Gasteiger partial charge in [0, 0.05) is 18.2 Å². The zero-order valence-electron chi connectivity index (χ0n) is 17.1. The van der Waals surface area contributed by atoms with Crippen molar-refractivity contribution in [1.82, 2.24) is 0 Å². The lowest BCUT2D eigenvalue weighted by Gasteiger charge is -2.13. The summed E-state index contributed by atoms with van der Waals surface area (Å²) >= 11 is 0. The van der Waals surface area contributed by atoms with Gasteiger partial charge in [-0.15, -0.1) is 0 Å².